The maximum absolute atomic E-state index is 10.5. The van der Waals surface area contributed by atoms with Crippen molar-refractivity contribution in [1.29, 1.82) is 0 Å². The summed E-state index contributed by atoms with van der Waals surface area (Å²) in [4.78, 5) is 10.1. The van der Waals surface area contributed by atoms with E-state index in [1.54, 1.807) is 12.1 Å². The van der Waals surface area contributed by atoms with Crippen molar-refractivity contribution in [2.75, 3.05) is 0 Å². The summed E-state index contributed by atoms with van der Waals surface area (Å²) in [6.07, 6.45) is 4.85. The van der Waals surface area contributed by atoms with Crippen LogP contribution >= 0.6 is 0 Å². The largest absolute Gasteiger partial charge is 0.490 e. The van der Waals surface area contributed by atoms with Crippen LogP contribution in [0.25, 0.3) is 0 Å². The summed E-state index contributed by atoms with van der Waals surface area (Å²) in [6, 6.07) is 6.33. The lowest BCUT2D eigenvalue weighted by atomic mass is 9.89. The summed E-state index contributed by atoms with van der Waals surface area (Å²) < 4.78 is 5.82. The first-order chi connectivity index (χ1) is 8.15. The highest BCUT2D eigenvalue weighted by atomic mass is 16.6. The molecule has 4 heteroatoms. The quantitative estimate of drug-likeness (QED) is 0.594. The van der Waals surface area contributed by atoms with Gasteiger partial charge in [-0.1, -0.05) is 6.92 Å². The second kappa shape index (κ2) is 5.17. The molecule has 0 bridgehead atoms. The van der Waals surface area contributed by atoms with Crippen LogP contribution in [0.4, 0.5) is 5.69 Å². The molecule has 1 aliphatic carbocycles. The van der Waals surface area contributed by atoms with Gasteiger partial charge in [-0.15, -0.1) is 0 Å². The molecule has 0 heterocycles. The third kappa shape index (κ3) is 3.19. The molecule has 1 fully saturated rings. The second-order valence-corrected chi connectivity index (χ2v) is 4.75. The fourth-order valence-corrected chi connectivity index (χ4v) is 2.19. The number of benzene rings is 1. The van der Waals surface area contributed by atoms with Crippen molar-refractivity contribution in [2.24, 2.45) is 5.92 Å². The van der Waals surface area contributed by atoms with E-state index in [0.717, 1.165) is 24.5 Å². The summed E-state index contributed by atoms with van der Waals surface area (Å²) in [5.74, 6) is 1.53. The van der Waals surface area contributed by atoms with E-state index in [1.165, 1.54) is 25.0 Å². The van der Waals surface area contributed by atoms with Gasteiger partial charge in [0, 0.05) is 12.1 Å². The van der Waals surface area contributed by atoms with E-state index < -0.39 is 4.92 Å². The number of ether oxygens (including phenoxy) is 1. The van der Waals surface area contributed by atoms with Gasteiger partial charge in [0.1, 0.15) is 5.75 Å². The molecule has 1 aliphatic rings. The van der Waals surface area contributed by atoms with Crippen molar-refractivity contribution in [3.05, 3.63) is 34.4 Å². The minimum atomic E-state index is -0.397. The van der Waals surface area contributed by atoms with E-state index in [9.17, 15) is 10.1 Å². The Bertz CT molecular complexity index is 380. The molecular formula is C13H17NO3. The summed E-state index contributed by atoms with van der Waals surface area (Å²) in [5, 5.41) is 10.5. The topological polar surface area (TPSA) is 52.4 Å². The molecular weight excluding hydrogens is 218 g/mol. The first-order valence-corrected chi connectivity index (χ1v) is 6.06. The van der Waals surface area contributed by atoms with Crippen LogP contribution in [0.15, 0.2) is 24.3 Å². The van der Waals surface area contributed by atoms with Crippen LogP contribution in [0.2, 0.25) is 0 Å². The molecule has 4 nitrogen and oxygen atoms in total. The Balaban J connectivity index is 1.92. The van der Waals surface area contributed by atoms with Crippen molar-refractivity contribution < 1.29 is 9.66 Å². The zero-order valence-electron chi connectivity index (χ0n) is 9.96. The molecule has 92 valence electrons. The van der Waals surface area contributed by atoms with Gasteiger partial charge in [0.25, 0.3) is 5.69 Å². The molecule has 0 N–H and O–H groups in total. The minimum absolute atomic E-state index is 0.106. The van der Waals surface area contributed by atoms with Crippen molar-refractivity contribution in [1.82, 2.24) is 0 Å². The average Bonchev–Trinajstić information content (AvgIpc) is 2.33. The molecule has 1 aromatic carbocycles. The third-order valence-corrected chi connectivity index (χ3v) is 3.31. The molecule has 0 unspecified atom stereocenters. The number of nitrogens with zero attached hydrogens (tertiary/aromatic N) is 1. The van der Waals surface area contributed by atoms with Crippen LogP contribution in [-0.2, 0) is 0 Å². The van der Waals surface area contributed by atoms with Gasteiger partial charge in [-0.3, -0.25) is 10.1 Å². The normalized spacial score (nSPS) is 24.3. The van der Waals surface area contributed by atoms with Gasteiger partial charge in [-0.05, 0) is 43.7 Å². The molecule has 1 aromatic rings. The molecule has 0 amide bonds. The fraction of sp³-hybridized carbons (Fsp3) is 0.538. The smallest absolute Gasteiger partial charge is 0.269 e. The zero-order chi connectivity index (χ0) is 12.3. The van der Waals surface area contributed by atoms with E-state index in [4.69, 9.17) is 4.74 Å². The van der Waals surface area contributed by atoms with Gasteiger partial charge >= 0.3 is 0 Å². The second-order valence-electron chi connectivity index (χ2n) is 4.75. The van der Waals surface area contributed by atoms with Crippen molar-refractivity contribution >= 4 is 5.69 Å². The van der Waals surface area contributed by atoms with E-state index in [-0.39, 0.29) is 11.8 Å². The molecule has 0 aliphatic heterocycles. The van der Waals surface area contributed by atoms with Gasteiger partial charge in [-0.2, -0.15) is 0 Å². The lowest BCUT2D eigenvalue weighted by molar-refractivity contribution is -0.384. The molecule has 0 aromatic heterocycles. The lowest BCUT2D eigenvalue weighted by Gasteiger charge is -2.26. The molecule has 0 spiro atoms. The summed E-state index contributed by atoms with van der Waals surface area (Å²) >= 11 is 0. The van der Waals surface area contributed by atoms with Gasteiger partial charge in [0.15, 0.2) is 0 Å². The predicted octanol–water partition coefficient (Wildman–Crippen LogP) is 3.55. The average molecular weight is 235 g/mol. The fourth-order valence-electron chi connectivity index (χ4n) is 2.19. The first kappa shape index (κ1) is 11.9. The molecule has 2 rings (SSSR count). The highest BCUT2D eigenvalue weighted by Gasteiger charge is 2.19. The Labute approximate surface area is 101 Å². The SMILES string of the molecule is CC1CCC(Oc2ccc([N+](=O)[O-])cc2)CC1. The van der Waals surface area contributed by atoms with Crippen molar-refractivity contribution in [2.45, 2.75) is 38.7 Å². The Kier molecular flexibility index (Phi) is 3.61. The highest BCUT2D eigenvalue weighted by molar-refractivity contribution is 5.36. The van der Waals surface area contributed by atoms with Crippen LogP contribution in [-0.4, -0.2) is 11.0 Å². The molecule has 1 saturated carbocycles. The summed E-state index contributed by atoms with van der Waals surface area (Å²) in [5.41, 5.74) is 0.106. The van der Waals surface area contributed by atoms with Gasteiger partial charge in [-0.25, -0.2) is 0 Å². The Morgan fingerprint density at radius 1 is 1.18 bits per heavy atom. The Morgan fingerprint density at radius 2 is 1.76 bits per heavy atom. The number of hydrogen-bond donors (Lipinski definition) is 0. The molecule has 17 heavy (non-hydrogen) atoms. The van der Waals surface area contributed by atoms with E-state index >= 15 is 0 Å². The van der Waals surface area contributed by atoms with Crippen LogP contribution in [0.5, 0.6) is 5.75 Å². The van der Waals surface area contributed by atoms with Crippen molar-refractivity contribution in [3.8, 4) is 5.75 Å². The van der Waals surface area contributed by atoms with Gasteiger partial charge < -0.3 is 4.74 Å². The van der Waals surface area contributed by atoms with Crippen molar-refractivity contribution in [3.63, 3.8) is 0 Å². The molecule has 0 radical (unpaired) electrons. The number of nitro groups is 1. The Morgan fingerprint density at radius 3 is 2.29 bits per heavy atom. The van der Waals surface area contributed by atoms with E-state index in [1.807, 2.05) is 0 Å². The van der Waals surface area contributed by atoms with E-state index in [2.05, 4.69) is 6.92 Å². The van der Waals surface area contributed by atoms with Crippen LogP contribution in [0.3, 0.4) is 0 Å². The number of non-ortho nitro benzene ring substituents is 1. The standard InChI is InChI=1S/C13H17NO3/c1-10-2-6-12(7-3-10)17-13-8-4-11(5-9-13)14(15)16/h4-5,8-10,12H,2-3,6-7H2,1H3. The minimum Gasteiger partial charge on any atom is -0.490 e. The zero-order valence-corrected chi connectivity index (χ0v) is 9.96. The highest BCUT2D eigenvalue weighted by Crippen LogP contribution is 2.27. The summed E-state index contributed by atoms with van der Waals surface area (Å²) in [7, 11) is 0. The Hall–Kier alpha value is -1.58. The molecule has 0 atom stereocenters. The van der Waals surface area contributed by atoms with E-state index in [0.29, 0.717) is 0 Å². The van der Waals surface area contributed by atoms with Gasteiger partial charge in [0.05, 0.1) is 11.0 Å². The third-order valence-electron chi connectivity index (χ3n) is 3.31. The molecule has 0 saturated heterocycles. The maximum Gasteiger partial charge on any atom is 0.269 e. The number of rotatable bonds is 3. The van der Waals surface area contributed by atoms with Gasteiger partial charge in [0.2, 0.25) is 0 Å². The monoisotopic (exact) mass is 235 g/mol. The van der Waals surface area contributed by atoms with Crippen LogP contribution in [0.1, 0.15) is 32.6 Å². The number of hydrogen-bond acceptors (Lipinski definition) is 3. The first-order valence-electron chi connectivity index (χ1n) is 6.06. The maximum atomic E-state index is 10.5. The lowest BCUT2D eigenvalue weighted by Crippen LogP contribution is -2.22. The van der Waals surface area contributed by atoms with Crippen LogP contribution < -0.4 is 4.74 Å². The van der Waals surface area contributed by atoms with Crippen LogP contribution in [0, 0.1) is 16.0 Å². The summed E-state index contributed by atoms with van der Waals surface area (Å²) in [6.45, 7) is 2.27. The number of nitro benzene ring substituents is 1. The predicted molar refractivity (Wildman–Crippen MR) is 65.1 cm³/mol.